The summed E-state index contributed by atoms with van der Waals surface area (Å²) in [6, 6.07) is 9.38. The highest BCUT2D eigenvalue weighted by atomic mass is 79.9. The molecule has 9 heteroatoms. The predicted octanol–water partition coefficient (Wildman–Crippen LogP) is 3.50. The van der Waals surface area contributed by atoms with Crippen molar-refractivity contribution in [2.24, 2.45) is 5.73 Å². The first-order valence-corrected chi connectivity index (χ1v) is 8.83. The maximum atomic E-state index is 12.1. The van der Waals surface area contributed by atoms with Gasteiger partial charge >= 0.3 is 0 Å². The molecule has 0 radical (unpaired) electrons. The van der Waals surface area contributed by atoms with Gasteiger partial charge in [0.25, 0.3) is 5.69 Å². The summed E-state index contributed by atoms with van der Waals surface area (Å²) in [5, 5.41) is 13.9. The zero-order valence-corrected chi connectivity index (χ0v) is 15.5. The maximum absolute atomic E-state index is 12.1. The van der Waals surface area contributed by atoms with Crippen LogP contribution in [0.5, 0.6) is 0 Å². The van der Waals surface area contributed by atoms with Gasteiger partial charge < -0.3 is 11.1 Å². The van der Waals surface area contributed by atoms with Gasteiger partial charge in [0.15, 0.2) is 0 Å². The van der Waals surface area contributed by atoms with E-state index in [1.54, 1.807) is 6.07 Å². The second-order valence-electron chi connectivity index (χ2n) is 5.10. The standard InChI is InChI=1S/C16H14BrN3O4S/c1-9-6-11(17)3-4-12(9)19-15(21)8-25-14-5-2-10(16(18)22)7-13(14)20(23)24/h2-7H,8H2,1H3,(H2,18,22)(H,19,21). The zero-order chi connectivity index (χ0) is 18.6. The topological polar surface area (TPSA) is 115 Å². The summed E-state index contributed by atoms with van der Waals surface area (Å²) in [5.41, 5.74) is 6.49. The van der Waals surface area contributed by atoms with Crippen molar-refractivity contribution in [1.82, 2.24) is 0 Å². The Morgan fingerprint density at radius 3 is 2.60 bits per heavy atom. The molecule has 0 heterocycles. The molecule has 0 aromatic heterocycles. The van der Waals surface area contributed by atoms with Gasteiger partial charge in [0.1, 0.15) is 0 Å². The van der Waals surface area contributed by atoms with Crippen LogP contribution in [0.2, 0.25) is 0 Å². The molecule has 0 saturated carbocycles. The minimum absolute atomic E-state index is 0.00768. The van der Waals surface area contributed by atoms with Gasteiger partial charge in [0.05, 0.1) is 15.6 Å². The number of nitrogens with two attached hydrogens (primary N) is 1. The lowest BCUT2D eigenvalue weighted by Crippen LogP contribution is -2.15. The Morgan fingerprint density at radius 1 is 1.28 bits per heavy atom. The molecule has 0 saturated heterocycles. The molecular formula is C16H14BrN3O4S. The lowest BCUT2D eigenvalue weighted by atomic mass is 10.2. The largest absolute Gasteiger partial charge is 0.366 e. The van der Waals surface area contributed by atoms with Crippen LogP contribution < -0.4 is 11.1 Å². The quantitative estimate of drug-likeness (QED) is 0.419. The molecule has 3 N–H and O–H groups in total. The lowest BCUT2D eigenvalue weighted by molar-refractivity contribution is -0.387. The lowest BCUT2D eigenvalue weighted by Gasteiger charge is -2.09. The first-order valence-electron chi connectivity index (χ1n) is 7.05. The molecule has 0 spiro atoms. The highest BCUT2D eigenvalue weighted by molar-refractivity contribution is 9.10. The molecule has 0 aliphatic rings. The van der Waals surface area contributed by atoms with Crippen LogP contribution in [0.1, 0.15) is 15.9 Å². The van der Waals surface area contributed by atoms with Gasteiger partial charge in [-0.05, 0) is 42.8 Å². The first-order chi connectivity index (χ1) is 11.8. The van der Waals surface area contributed by atoms with E-state index in [1.165, 1.54) is 12.1 Å². The fourth-order valence-corrected chi connectivity index (χ4v) is 3.31. The molecule has 2 amide bonds. The number of rotatable bonds is 6. The number of nitrogens with one attached hydrogen (secondary N) is 1. The molecular weight excluding hydrogens is 410 g/mol. The van der Waals surface area contributed by atoms with E-state index < -0.39 is 10.8 Å². The van der Waals surface area contributed by atoms with Crippen LogP contribution in [0.4, 0.5) is 11.4 Å². The SMILES string of the molecule is Cc1cc(Br)ccc1NC(=O)CSc1ccc(C(N)=O)cc1[N+](=O)[O-]. The molecule has 2 aromatic carbocycles. The molecule has 7 nitrogen and oxygen atoms in total. The zero-order valence-electron chi connectivity index (χ0n) is 13.1. The molecule has 0 fully saturated rings. The fourth-order valence-electron chi connectivity index (χ4n) is 2.03. The van der Waals surface area contributed by atoms with E-state index in [4.69, 9.17) is 5.73 Å². The molecule has 2 aromatic rings. The minimum Gasteiger partial charge on any atom is -0.366 e. The van der Waals surface area contributed by atoms with Crippen molar-refractivity contribution in [3.05, 3.63) is 62.1 Å². The molecule has 25 heavy (non-hydrogen) atoms. The average molecular weight is 424 g/mol. The molecule has 130 valence electrons. The van der Waals surface area contributed by atoms with Crippen LogP contribution in [-0.4, -0.2) is 22.5 Å². The van der Waals surface area contributed by atoms with E-state index in [9.17, 15) is 19.7 Å². The summed E-state index contributed by atoms with van der Waals surface area (Å²) >= 11 is 4.36. The van der Waals surface area contributed by atoms with Crippen molar-refractivity contribution in [2.45, 2.75) is 11.8 Å². The van der Waals surface area contributed by atoms with Gasteiger partial charge in [0, 0.05) is 21.8 Å². The van der Waals surface area contributed by atoms with Gasteiger partial charge in [-0.2, -0.15) is 0 Å². The van der Waals surface area contributed by atoms with E-state index in [1.807, 2.05) is 19.1 Å². The Kier molecular flexibility index (Phi) is 6.16. The number of hydrogen-bond acceptors (Lipinski definition) is 5. The smallest absolute Gasteiger partial charge is 0.283 e. The number of nitro benzene ring substituents is 1. The third-order valence-electron chi connectivity index (χ3n) is 3.26. The van der Waals surface area contributed by atoms with Crippen molar-refractivity contribution < 1.29 is 14.5 Å². The minimum atomic E-state index is -0.747. The fraction of sp³-hybridized carbons (Fsp3) is 0.125. The summed E-state index contributed by atoms with van der Waals surface area (Å²) in [6.07, 6.45) is 0. The number of nitrogens with zero attached hydrogens (tertiary/aromatic N) is 1. The van der Waals surface area contributed by atoms with Gasteiger partial charge in [-0.25, -0.2) is 0 Å². The number of aryl methyl sites for hydroxylation is 1. The summed E-state index contributed by atoms with van der Waals surface area (Å²) in [4.78, 5) is 34.1. The molecule has 0 unspecified atom stereocenters. The number of carbonyl (C=O) groups is 2. The van der Waals surface area contributed by atoms with Gasteiger partial charge in [0.2, 0.25) is 11.8 Å². The van der Waals surface area contributed by atoms with Crippen molar-refractivity contribution in [2.75, 3.05) is 11.1 Å². The summed E-state index contributed by atoms with van der Waals surface area (Å²) in [6.45, 7) is 1.86. The van der Waals surface area contributed by atoms with Gasteiger partial charge in [-0.3, -0.25) is 19.7 Å². The van der Waals surface area contributed by atoms with E-state index >= 15 is 0 Å². The van der Waals surface area contributed by atoms with Gasteiger partial charge in [-0.1, -0.05) is 15.9 Å². The Morgan fingerprint density at radius 2 is 2.00 bits per heavy atom. The predicted molar refractivity (Wildman–Crippen MR) is 99.8 cm³/mol. The molecule has 0 aliphatic carbocycles. The number of carbonyl (C=O) groups excluding carboxylic acids is 2. The second-order valence-corrected chi connectivity index (χ2v) is 7.03. The van der Waals surface area contributed by atoms with Crippen molar-refractivity contribution in [3.8, 4) is 0 Å². The van der Waals surface area contributed by atoms with Crippen LogP contribution >= 0.6 is 27.7 Å². The van der Waals surface area contributed by atoms with Crippen LogP contribution in [0.15, 0.2) is 45.8 Å². The van der Waals surface area contributed by atoms with Gasteiger partial charge in [-0.15, -0.1) is 11.8 Å². The van der Waals surface area contributed by atoms with E-state index in [0.717, 1.165) is 27.9 Å². The number of halogens is 1. The number of nitro groups is 1. The summed E-state index contributed by atoms with van der Waals surface area (Å²) in [5.74, 6) is -1.04. The normalized spacial score (nSPS) is 10.3. The van der Waals surface area contributed by atoms with Crippen molar-refractivity contribution in [1.29, 1.82) is 0 Å². The third-order valence-corrected chi connectivity index (χ3v) is 4.82. The number of thioether (sulfide) groups is 1. The Balaban J connectivity index is 2.08. The third kappa shape index (κ3) is 5.04. The van der Waals surface area contributed by atoms with E-state index in [-0.39, 0.29) is 27.8 Å². The number of primary amides is 1. The van der Waals surface area contributed by atoms with Crippen molar-refractivity contribution in [3.63, 3.8) is 0 Å². The molecule has 2 rings (SSSR count). The van der Waals surface area contributed by atoms with Crippen molar-refractivity contribution >= 4 is 50.9 Å². The monoisotopic (exact) mass is 423 g/mol. The maximum Gasteiger partial charge on any atom is 0.283 e. The number of benzene rings is 2. The summed E-state index contributed by atoms with van der Waals surface area (Å²) < 4.78 is 0.905. The second kappa shape index (κ2) is 8.13. The van der Waals surface area contributed by atoms with E-state index in [2.05, 4.69) is 21.2 Å². The van der Waals surface area contributed by atoms with Crippen LogP contribution in [0.25, 0.3) is 0 Å². The number of anilines is 1. The first kappa shape index (κ1) is 18.9. The average Bonchev–Trinajstić information content (AvgIpc) is 2.55. The van der Waals surface area contributed by atoms with Crippen LogP contribution in [0.3, 0.4) is 0 Å². The molecule has 0 aliphatic heterocycles. The summed E-state index contributed by atoms with van der Waals surface area (Å²) in [7, 11) is 0. The number of amides is 2. The van der Waals surface area contributed by atoms with Crippen LogP contribution in [0, 0.1) is 17.0 Å². The molecule has 0 bridgehead atoms. The Labute approximate surface area is 156 Å². The highest BCUT2D eigenvalue weighted by Crippen LogP contribution is 2.30. The van der Waals surface area contributed by atoms with Crippen LogP contribution in [-0.2, 0) is 4.79 Å². The Hall–Kier alpha value is -2.39. The van der Waals surface area contributed by atoms with E-state index in [0.29, 0.717) is 5.69 Å². The highest BCUT2D eigenvalue weighted by Gasteiger charge is 2.18. The Bertz CT molecular complexity index is 857. The number of hydrogen-bond donors (Lipinski definition) is 2. The molecule has 0 atom stereocenters.